The van der Waals surface area contributed by atoms with Gasteiger partial charge in [0.2, 0.25) is 5.91 Å². The summed E-state index contributed by atoms with van der Waals surface area (Å²) in [5.41, 5.74) is 1.80. The number of phenols is 1. The highest BCUT2D eigenvalue weighted by molar-refractivity contribution is 6.03. The molecule has 3 aromatic carbocycles. The van der Waals surface area contributed by atoms with Gasteiger partial charge in [0.1, 0.15) is 41.4 Å². The number of hydrogen-bond donors (Lipinski definition) is 1. The van der Waals surface area contributed by atoms with Gasteiger partial charge in [-0.15, -0.1) is 6.42 Å². The second kappa shape index (κ2) is 14.5. The minimum Gasteiger partial charge on any atom is -0.508 e. The summed E-state index contributed by atoms with van der Waals surface area (Å²) in [5.74, 6) is 0.815. The molecule has 0 spiro atoms. The minimum atomic E-state index is -0.977. The molecule has 5 aliphatic rings. The number of pyridine rings is 1. The number of halogens is 3. The van der Waals surface area contributed by atoms with Crippen LogP contribution in [-0.2, 0) is 17.8 Å². The van der Waals surface area contributed by atoms with Gasteiger partial charge < -0.3 is 24.5 Å². The molecule has 5 aromatic rings. The molecule has 0 radical (unpaired) electrons. The van der Waals surface area contributed by atoms with Crippen LogP contribution in [0.5, 0.6) is 11.8 Å². The highest BCUT2D eigenvalue weighted by atomic mass is 19.1. The quantitative estimate of drug-likeness (QED) is 0.149. The SMILES string of the molecule is C#Cc1c(F)ccc2cc(O)cc(-c3ncc4c(N5CC6CCC(C5)N6C(=O)c5ccc6c(c5)CN(C(=O)C=C)CC6)nc(OCC56CCCN5CC(F)C6)nc4c3F)c12. The molecule has 11 nitrogen and oxygen atoms in total. The number of alkyl halides is 1. The van der Waals surface area contributed by atoms with E-state index in [9.17, 15) is 19.1 Å². The number of ether oxygens (including phenoxy) is 1. The molecule has 4 fully saturated rings. The maximum Gasteiger partial charge on any atom is 0.319 e. The Kier molecular flexibility index (Phi) is 9.20. The lowest BCUT2D eigenvalue weighted by atomic mass is 9.95. The lowest BCUT2D eigenvalue weighted by Gasteiger charge is -2.42. The van der Waals surface area contributed by atoms with E-state index < -0.39 is 23.3 Å². The van der Waals surface area contributed by atoms with E-state index in [-0.39, 0.29) is 70.0 Å². The number of amides is 2. The van der Waals surface area contributed by atoms with Crippen molar-refractivity contribution in [2.75, 3.05) is 44.2 Å². The lowest BCUT2D eigenvalue weighted by molar-refractivity contribution is -0.126. The Labute approximate surface area is 344 Å². The third kappa shape index (κ3) is 6.20. The summed E-state index contributed by atoms with van der Waals surface area (Å²) >= 11 is 0. The van der Waals surface area contributed by atoms with Crippen molar-refractivity contribution in [3.63, 3.8) is 0 Å². The summed E-state index contributed by atoms with van der Waals surface area (Å²) in [6.45, 7) is 6.64. The van der Waals surface area contributed by atoms with Gasteiger partial charge >= 0.3 is 6.01 Å². The fourth-order valence-corrected chi connectivity index (χ4v) is 10.5. The fourth-order valence-electron chi connectivity index (χ4n) is 10.5. The van der Waals surface area contributed by atoms with E-state index in [4.69, 9.17) is 16.1 Å². The first-order chi connectivity index (χ1) is 29.0. The van der Waals surface area contributed by atoms with Crippen molar-refractivity contribution >= 4 is 39.3 Å². The van der Waals surface area contributed by atoms with Crippen LogP contribution >= 0.6 is 0 Å². The highest BCUT2D eigenvalue weighted by Gasteiger charge is 2.50. The molecule has 2 bridgehead atoms. The molecular weight excluding hydrogens is 772 g/mol. The normalized spacial score (nSPS) is 23.5. The molecule has 10 rings (SSSR count). The summed E-state index contributed by atoms with van der Waals surface area (Å²) in [5, 5.41) is 11.6. The number of anilines is 1. The van der Waals surface area contributed by atoms with E-state index in [1.807, 2.05) is 28.0 Å². The maximum absolute atomic E-state index is 17.2. The Morgan fingerprint density at radius 2 is 1.87 bits per heavy atom. The van der Waals surface area contributed by atoms with E-state index in [2.05, 4.69) is 27.4 Å². The van der Waals surface area contributed by atoms with Crippen LogP contribution in [0.2, 0.25) is 0 Å². The Hall–Kier alpha value is -6.20. The molecule has 60 heavy (non-hydrogen) atoms. The second-order valence-electron chi connectivity index (χ2n) is 16.7. The van der Waals surface area contributed by atoms with Gasteiger partial charge in [-0.1, -0.05) is 24.6 Å². The second-order valence-corrected chi connectivity index (χ2v) is 16.7. The summed E-state index contributed by atoms with van der Waals surface area (Å²) in [4.78, 5) is 48.5. The number of carbonyl (C=O) groups is 2. The van der Waals surface area contributed by atoms with Gasteiger partial charge in [-0.25, -0.2) is 13.2 Å². The molecule has 7 heterocycles. The zero-order valence-corrected chi connectivity index (χ0v) is 32.8. The molecule has 306 valence electrons. The number of hydrogen-bond acceptors (Lipinski definition) is 9. The summed E-state index contributed by atoms with van der Waals surface area (Å²) < 4.78 is 53.3. The van der Waals surface area contributed by atoms with Crippen molar-refractivity contribution in [3.05, 3.63) is 95.2 Å². The molecule has 5 aliphatic heterocycles. The van der Waals surface area contributed by atoms with Crippen LogP contribution in [0.15, 0.2) is 61.3 Å². The third-order valence-electron chi connectivity index (χ3n) is 13.3. The topological polar surface area (TPSA) is 115 Å². The van der Waals surface area contributed by atoms with Gasteiger partial charge in [0, 0.05) is 61.9 Å². The number of rotatable bonds is 7. The first-order valence-electron chi connectivity index (χ1n) is 20.5. The van der Waals surface area contributed by atoms with Crippen molar-refractivity contribution in [2.45, 2.75) is 68.9 Å². The van der Waals surface area contributed by atoms with Gasteiger partial charge in [0.25, 0.3) is 5.91 Å². The number of fused-ring (bicyclic) bond motifs is 6. The first-order valence-corrected chi connectivity index (χ1v) is 20.5. The Bertz CT molecular complexity index is 2670. The monoisotopic (exact) mass is 813 g/mol. The molecule has 14 heteroatoms. The van der Waals surface area contributed by atoms with E-state index in [1.54, 1.807) is 4.90 Å². The number of aromatic nitrogens is 3. The van der Waals surface area contributed by atoms with E-state index >= 15 is 8.78 Å². The summed E-state index contributed by atoms with van der Waals surface area (Å²) in [6, 6.07) is 10.7. The molecule has 0 saturated carbocycles. The number of terminal acetylenes is 1. The van der Waals surface area contributed by atoms with Crippen molar-refractivity contribution < 1.29 is 32.6 Å². The number of piperazine rings is 1. The Morgan fingerprint density at radius 1 is 1.05 bits per heavy atom. The van der Waals surface area contributed by atoms with Crippen LogP contribution in [0.3, 0.4) is 0 Å². The molecule has 2 aromatic heterocycles. The first kappa shape index (κ1) is 38.0. The number of nitrogens with zero attached hydrogens (tertiary/aromatic N) is 7. The zero-order valence-electron chi connectivity index (χ0n) is 32.8. The van der Waals surface area contributed by atoms with Gasteiger partial charge in [-0.3, -0.25) is 19.5 Å². The minimum absolute atomic E-state index is 0.0860. The molecule has 1 N–H and O–H groups in total. The molecular formula is C46H42F3N7O4. The molecule has 4 atom stereocenters. The number of carbonyl (C=O) groups excluding carboxylic acids is 2. The predicted molar refractivity (Wildman–Crippen MR) is 219 cm³/mol. The maximum atomic E-state index is 17.2. The lowest BCUT2D eigenvalue weighted by Crippen LogP contribution is -2.56. The van der Waals surface area contributed by atoms with Crippen molar-refractivity contribution in [3.8, 4) is 35.4 Å². The van der Waals surface area contributed by atoms with Gasteiger partial charge in [0.05, 0.1) is 28.6 Å². The van der Waals surface area contributed by atoms with Gasteiger partial charge in [0.15, 0.2) is 5.82 Å². The summed E-state index contributed by atoms with van der Waals surface area (Å²) in [6.07, 6.45) is 11.7. The van der Waals surface area contributed by atoms with Crippen molar-refractivity contribution in [1.82, 2.24) is 29.7 Å². The zero-order chi connectivity index (χ0) is 41.4. The number of phenolic OH excluding ortho intramolecular Hbond substituents is 1. The van der Waals surface area contributed by atoms with E-state index in [0.717, 1.165) is 43.4 Å². The van der Waals surface area contributed by atoms with E-state index in [1.165, 1.54) is 36.5 Å². The molecule has 0 aliphatic carbocycles. The van der Waals surface area contributed by atoms with Crippen molar-refractivity contribution in [2.24, 2.45) is 0 Å². The molecule has 4 unspecified atom stereocenters. The van der Waals surface area contributed by atoms with Gasteiger partial charge in [-0.05, 0) is 91.6 Å². The third-order valence-corrected chi connectivity index (χ3v) is 13.3. The smallest absolute Gasteiger partial charge is 0.319 e. The van der Waals surface area contributed by atoms with Crippen LogP contribution in [0.25, 0.3) is 32.9 Å². The fraction of sp³-hybridized carbons (Fsp3) is 0.370. The van der Waals surface area contributed by atoms with Crippen LogP contribution in [0.4, 0.5) is 19.0 Å². The van der Waals surface area contributed by atoms with Crippen LogP contribution in [0.1, 0.15) is 59.2 Å². The Balaban J connectivity index is 1.02. The number of aromatic hydroxyl groups is 1. The molecule has 4 saturated heterocycles. The average molecular weight is 814 g/mol. The summed E-state index contributed by atoms with van der Waals surface area (Å²) in [7, 11) is 0. The van der Waals surface area contributed by atoms with Crippen LogP contribution in [-0.4, -0.2) is 110 Å². The highest BCUT2D eigenvalue weighted by Crippen LogP contribution is 2.43. The van der Waals surface area contributed by atoms with Crippen LogP contribution in [0, 0.1) is 24.0 Å². The van der Waals surface area contributed by atoms with Crippen molar-refractivity contribution in [1.29, 1.82) is 0 Å². The average Bonchev–Trinajstić information content (AvgIpc) is 3.87. The largest absolute Gasteiger partial charge is 0.508 e. The van der Waals surface area contributed by atoms with Crippen LogP contribution < -0.4 is 9.64 Å². The van der Waals surface area contributed by atoms with Gasteiger partial charge in [-0.2, -0.15) is 9.97 Å². The Morgan fingerprint density at radius 3 is 2.65 bits per heavy atom. The predicted octanol–water partition coefficient (Wildman–Crippen LogP) is 6.33. The van der Waals surface area contributed by atoms with E-state index in [0.29, 0.717) is 67.7 Å². The standard InChI is InChI=1S/C46H42F3N7O4/c1-3-34-37(48)11-8-27-17-33(57)18-35(39(27)34)41-40(49)42-36(20-50-41)43(52-45(51-42)60-25-46-13-5-14-55(46)22-30(47)19-46)54-23-31-9-10-32(24-54)56(31)44(59)28-7-6-26-12-15-53(38(58)4-2)21-29(26)16-28/h1,4,6-8,11,16-18,20,30-32,57H,2,5,9-10,12-15,19,21-25H2. The molecule has 2 amide bonds. The number of benzene rings is 3.